The van der Waals surface area contributed by atoms with Gasteiger partial charge in [0, 0.05) is 38.3 Å². The lowest BCUT2D eigenvalue weighted by Crippen LogP contribution is -2.50. The quantitative estimate of drug-likeness (QED) is 0.608. The molecule has 0 aliphatic carbocycles. The Morgan fingerprint density at radius 2 is 1.88 bits per heavy atom. The number of rotatable bonds is 8. The monoisotopic (exact) mass is 360 g/mol. The van der Waals surface area contributed by atoms with Crippen LogP contribution in [0.15, 0.2) is 24.3 Å². The Labute approximate surface area is 156 Å². The topological polar surface area (TPSA) is 73.5 Å². The van der Waals surface area contributed by atoms with Gasteiger partial charge in [-0.1, -0.05) is 32.0 Å². The van der Waals surface area contributed by atoms with Crippen LogP contribution in [0.1, 0.15) is 36.2 Å². The van der Waals surface area contributed by atoms with Crippen LogP contribution in [0.2, 0.25) is 0 Å². The van der Waals surface area contributed by atoms with Gasteiger partial charge in [0.15, 0.2) is 0 Å². The zero-order chi connectivity index (χ0) is 18.9. The third-order valence-electron chi connectivity index (χ3n) is 4.79. The molecular weight excluding hydrogens is 328 g/mol. The molecule has 2 amide bonds. The first-order valence-electron chi connectivity index (χ1n) is 9.56. The average Bonchev–Trinajstić information content (AvgIpc) is 2.64. The molecule has 2 rings (SSSR count). The third kappa shape index (κ3) is 6.11. The maximum absolute atomic E-state index is 12.5. The van der Waals surface area contributed by atoms with Gasteiger partial charge in [-0.05, 0) is 37.4 Å². The summed E-state index contributed by atoms with van der Waals surface area (Å²) in [5.41, 5.74) is 1.52. The fourth-order valence-corrected chi connectivity index (χ4v) is 3.14. The molecule has 0 radical (unpaired) electrons. The summed E-state index contributed by atoms with van der Waals surface area (Å²) in [5.74, 6) is -0.281. The van der Waals surface area contributed by atoms with Gasteiger partial charge in [-0.25, -0.2) is 0 Å². The molecule has 1 unspecified atom stereocenters. The van der Waals surface area contributed by atoms with Crippen molar-refractivity contribution in [2.24, 2.45) is 5.92 Å². The summed E-state index contributed by atoms with van der Waals surface area (Å²) in [6.07, 6.45) is 0.919. The van der Waals surface area contributed by atoms with E-state index in [1.807, 2.05) is 39.0 Å². The molecule has 0 spiro atoms. The van der Waals surface area contributed by atoms with Crippen LogP contribution in [0.25, 0.3) is 0 Å². The molecule has 6 nitrogen and oxygen atoms in total. The molecule has 1 aromatic rings. The average molecular weight is 361 g/mol. The van der Waals surface area contributed by atoms with Crippen molar-refractivity contribution in [3.8, 4) is 0 Å². The lowest BCUT2D eigenvalue weighted by Gasteiger charge is -2.27. The van der Waals surface area contributed by atoms with Gasteiger partial charge in [0.05, 0.1) is 0 Å². The van der Waals surface area contributed by atoms with Crippen LogP contribution in [-0.2, 0) is 4.79 Å². The molecule has 26 heavy (non-hydrogen) atoms. The van der Waals surface area contributed by atoms with Gasteiger partial charge < -0.3 is 20.9 Å². The molecule has 1 aromatic carbocycles. The predicted octanol–water partition coefficient (Wildman–Crippen LogP) is 1.16. The fourth-order valence-electron chi connectivity index (χ4n) is 3.14. The Hall–Kier alpha value is -1.92. The molecule has 0 aromatic heterocycles. The Bertz CT molecular complexity index is 597. The second-order valence-electron chi connectivity index (χ2n) is 7.25. The van der Waals surface area contributed by atoms with Crippen molar-refractivity contribution in [2.45, 2.75) is 33.2 Å². The van der Waals surface area contributed by atoms with E-state index in [0.29, 0.717) is 12.1 Å². The summed E-state index contributed by atoms with van der Waals surface area (Å²) in [7, 11) is 0. The van der Waals surface area contributed by atoms with Gasteiger partial charge in [-0.2, -0.15) is 0 Å². The highest BCUT2D eigenvalue weighted by Crippen LogP contribution is 2.09. The maximum Gasteiger partial charge on any atom is 0.252 e. The van der Waals surface area contributed by atoms with Crippen LogP contribution in [0.5, 0.6) is 0 Å². The largest absolute Gasteiger partial charge is 0.354 e. The number of carbonyl (C=O) groups excluding carboxylic acids is 2. The van der Waals surface area contributed by atoms with Crippen LogP contribution in [0, 0.1) is 12.8 Å². The molecule has 1 heterocycles. The van der Waals surface area contributed by atoms with Crippen LogP contribution >= 0.6 is 0 Å². The Morgan fingerprint density at radius 3 is 2.54 bits per heavy atom. The standard InChI is InChI=1S/C20H32N4O2/c1-15(2)18(23-19(25)17-8-5-4-7-16(17)3)20(26)22-9-6-12-24-13-10-21-11-14-24/h4-5,7-8,15,18,21H,6,9-14H2,1-3H3,(H,22,26)(H,23,25). The highest BCUT2D eigenvalue weighted by molar-refractivity contribution is 5.98. The number of piperazine rings is 1. The summed E-state index contributed by atoms with van der Waals surface area (Å²) in [4.78, 5) is 27.5. The van der Waals surface area contributed by atoms with Crippen molar-refractivity contribution >= 4 is 11.8 Å². The molecule has 144 valence electrons. The van der Waals surface area contributed by atoms with Crippen LogP contribution in [-0.4, -0.2) is 62.0 Å². The number of nitrogens with one attached hydrogen (secondary N) is 3. The van der Waals surface area contributed by atoms with Crippen molar-refractivity contribution in [1.29, 1.82) is 0 Å². The maximum atomic E-state index is 12.5. The minimum Gasteiger partial charge on any atom is -0.354 e. The van der Waals surface area contributed by atoms with Crippen LogP contribution in [0.3, 0.4) is 0 Å². The van der Waals surface area contributed by atoms with Crippen LogP contribution in [0.4, 0.5) is 0 Å². The number of aryl methyl sites for hydroxylation is 1. The number of nitrogens with zero attached hydrogens (tertiary/aromatic N) is 1. The second kappa shape index (κ2) is 10.3. The Kier molecular flexibility index (Phi) is 8.06. The highest BCUT2D eigenvalue weighted by Gasteiger charge is 2.24. The molecule has 1 saturated heterocycles. The van der Waals surface area contributed by atoms with E-state index in [1.165, 1.54) is 0 Å². The van der Waals surface area contributed by atoms with Crippen LogP contribution < -0.4 is 16.0 Å². The van der Waals surface area contributed by atoms with E-state index in [-0.39, 0.29) is 17.7 Å². The molecule has 1 aliphatic rings. The summed E-state index contributed by atoms with van der Waals surface area (Å²) in [6, 6.07) is 6.89. The predicted molar refractivity (Wildman–Crippen MR) is 104 cm³/mol. The first kappa shape index (κ1) is 20.4. The van der Waals surface area contributed by atoms with E-state index < -0.39 is 6.04 Å². The number of carbonyl (C=O) groups is 2. The minimum atomic E-state index is -0.527. The molecule has 6 heteroatoms. The van der Waals surface area contributed by atoms with Gasteiger partial charge in [0.1, 0.15) is 6.04 Å². The van der Waals surface area contributed by atoms with E-state index in [2.05, 4.69) is 20.9 Å². The fraction of sp³-hybridized carbons (Fsp3) is 0.600. The summed E-state index contributed by atoms with van der Waals surface area (Å²) >= 11 is 0. The molecule has 0 saturated carbocycles. The molecule has 1 atom stereocenters. The summed E-state index contributed by atoms with van der Waals surface area (Å²) in [5, 5.41) is 9.21. The lowest BCUT2D eigenvalue weighted by atomic mass is 10.0. The number of hydrogen-bond acceptors (Lipinski definition) is 4. The minimum absolute atomic E-state index is 0.0242. The Morgan fingerprint density at radius 1 is 1.19 bits per heavy atom. The van der Waals surface area contributed by atoms with Crippen molar-refractivity contribution in [3.63, 3.8) is 0 Å². The van der Waals surface area contributed by atoms with Gasteiger partial charge >= 0.3 is 0 Å². The lowest BCUT2D eigenvalue weighted by molar-refractivity contribution is -0.123. The second-order valence-corrected chi connectivity index (χ2v) is 7.25. The first-order chi connectivity index (χ1) is 12.5. The molecule has 3 N–H and O–H groups in total. The zero-order valence-corrected chi connectivity index (χ0v) is 16.2. The number of hydrogen-bond donors (Lipinski definition) is 3. The smallest absolute Gasteiger partial charge is 0.252 e. The normalized spacial score (nSPS) is 16.3. The van der Waals surface area contributed by atoms with E-state index in [9.17, 15) is 9.59 Å². The SMILES string of the molecule is Cc1ccccc1C(=O)NC(C(=O)NCCCN1CCNCC1)C(C)C. The summed E-state index contributed by atoms with van der Waals surface area (Å²) < 4.78 is 0. The third-order valence-corrected chi connectivity index (χ3v) is 4.79. The zero-order valence-electron chi connectivity index (χ0n) is 16.2. The van der Waals surface area contributed by atoms with E-state index >= 15 is 0 Å². The van der Waals surface area contributed by atoms with Gasteiger partial charge in [0.2, 0.25) is 5.91 Å². The Balaban J connectivity index is 1.81. The van der Waals surface area contributed by atoms with Gasteiger partial charge in [-0.3, -0.25) is 9.59 Å². The van der Waals surface area contributed by atoms with Crippen molar-refractivity contribution in [3.05, 3.63) is 35.4 Å². The molecule has 1 aliphatic heterocycles. The van der Waals surface area contributed by atoms with Crippen molar-refractivity contribution < 1.29 is 9.59 Å². The molecule has 1 fully saturated rings. The molecular formula is C20H32N4O2. The van der Waals surface area contributed by atoms with E-state index in [0.717, 1.165) is 44.7 Å². The van der Waals surface area contributed by atoms with E-state index in [1.54, 1.807) is 6.07 Å². The number of benzene rings is 1. The first-order valence-corrected chi connectivity index (χ1v) is 9.56. The van der Waals surface area contributed by atoms with Crippen molar-refractivity contribution in [2.75, 3.05) is 39.3 Å². The number of amides is 2. The van der Waals surface area contributed by atoms with Gasteiger partial charge in [-0.15, -0.1) is 0 Å². The van der Waals surface area contributed by atoms with Crippen molar-refractivity contribution in [1.82, 2.24) is 20.9 Å². The summed E-state index contributed by atoms with van der Waals surface area (Å²) in [6.45, 7) is 11.6. The highest BCUT2D eigenvalue weighted by atomic mass is 16.2. The molecule has 0 bridgehead atoms. The van der Waals surface area contributed by atoms with Gasteiger partial charge in [0.25, 0.3) is 5.91 Å². The van der Waals surface area contributed by atoms with E-state index in [4.69, 9.17) is 0 Å².